The Labute approximate surface area is 200 Å². The van der Waals surface area contributed by atoms with Crippen molar-refractivity contribution in [3.63, 3.8) is 0 Å². The Kier molecular flexibility index (Phi) is 10.0. The molecule has 11 heteroatoms. The van der Waals surface area contributed by atoms with Crippen molar-refractivity contribution < 1.29 is 27.9 Å². The largest absolute Gasteiger partial charge is 0.483 e. The second kappa shape index (κ2) is 12.5. The zero-order valence-corrected chi connectivity index (χ0v) is 19.6. The maximum Gasteiger partial charge on any atom is 0.433 e. The summed E-state index contributed by atoms with van der Waals surface area (Å²) in [5.74, 6) is 0.928. The van der Waals surface area contributed by atoms with Gasteiger partial charge in [-0.3, -0.25) is 9.59 Å². The van der Waals surface area contributed by atoms with Gasteiger partial charge in [0, 0.05) is 23.2 Å². The lowest BCUT2D eigenvalue weighted by atomic mass is 10.1. The van der Waals surface area contributed by atoms with Crippen LogP contribution in [-0.2, 0) is 11.0 Å². The first-order chi connectivity index (χ1) is 16.1. The van der Waals surface area contributed by atoms with Crippen LogP contribution in [0.25, 0.3) is 16.9 Å². The number of carboxylic acid groups (broad SMARTS) is 1. The Bertz CT molecular complexity index is 1080. The third kappa shape index (κ3) is 7.81. The molecular weight excluding hydrogens is 473 g/mol. The van der Waals surface area contributed by atoms with Crippen LogP contribution in [0.5, 0.6) is 0 Å². The van der Waals surface area contributed by atoms with Gasteiger partial charge in [0.2, 0.25) is 0 Å². The van der Waals surface area contributed by atoms with Crippen LogP contribution in [-0.4, -0.2) is 57.5 Å². The number of benzene rings is 1. The van der Waals surface area contributed by atoms with Crippen LogP contribution in [0.3, 0.4) is 0 Å². The number of halogens is 4. The summed E-state index contributed by atoms with van der Waals surface area (Å²) < 4.78 is 40.2. The molecule has 1 saturated heterocycles. The Morgan fingerprint density at radius 3 is 2.38 bits per heavy atom. The summed E-state index contributed by atoms with van der Waals surface area (Å²) in [5.41, 5.74) is -0.580. The molecule has 0 saturated carbocycles. The number of carbonyl (C=O) groups is 2. The van der Waals surface area contributed by atoms with Crippen LogP contribution in [0.15, 0.2) is 36.4 Å². The SMILES string of the molecule is CC1CCCCN(C)C1.O=CO.O=Cc1cc2nc(-c3ccc(Cl)cc3)cc(C(F)(F)F)n2n1. The first-order valence-electron chi connectivity index (χ1n) is 10.5. The Hall–Kier alpha value is -2.98. The molecule has 3 heterocycles. The van der Waals surface area contributed by atoms with Gasteiger partial charge in [0.15, 0.2) is 17.6 Å². The molecule has 184 valence electrons. The van der Waals surface area contributed by atoms with E-state index in [1.54, 1.807) is 24.3 Å². The summed E-state index contributed by atoms with van der Waals surface area (Å²) in [6.45, 7) is 4.71. The van der Waals surface area contributed by atoms with Crippen molar-refractivity contribution in [3.8, 4) is 11.3 Å². The van der Waals surface area contributed by atoms with Crippen LogP contribution < -0.4 is 0 Å². The van der Waals surface area contributed by atoms with Crippen molar-refractivity contribution in [1.82, 2.24) is 19.5 Å². The first-order valence-corrected chi connectivity index (χ1v) is 10.9. The van der Waals surface area contributed by atoms with Gasteiger partial charge in [0.25, 0.3) is 6.47 Å². The van der Waals surface area contributed by atoms with Gasteiger partial charge in [0.05, 0.1) is 5.69 Å². The first kappa shape index (κ1) is 27.3. The van der Waals surface area contributed by atoms with E-state index < -0.39 is 11.9 Å². The summed E-state index contributed by atoms with van der Waals surface area (Å²) in [4.78, 5) is 25.6. The molecule has 0 aliphatic carbocycles. The standard InChI is InChI=1S/C14H7ClF3N3O.C8H17N.CH2O2/c15-9-3-1-8(2-4-9)11-6-12(14(16,17)18)21-13(19-11)5-10(7-22)20-21;1-8-5-3-4-6-9(2)7-8;2-1-3/h1-7H;8H,3-7H2,1-2H3;1H,(H,2,3). The monoisotopic (exact) mass is 498 g/mol. The van der Waals surface area contributed by atoms with Crippen molar-refractivity contribution in [3.05, 3.63) is 52.8 Å². The molecule has 1 fully saturated rings. The second-order valence-electron chi connectivity index (χ2n) is 7.96. The number of carbonyl (C=O) groups excluding carboxylic acids is 1. The number of aromatic nitrogens is 3. The third-order valence-electron chi connectivity index (χ3n) is 5.11. The van der Waals surface area contributed by atoms with Gasteiger partial charge in [-0.25, -0.2) is 9.50 Å². The van der Waals surface area contributed by atoms with Crippen LogP contribution in [0, 0.1) is 5.92 Å². The molecule has 3 aromatic rings. The molecule has 0 spiro atoms. The second-order valence-corrected chi connectivity index (χ2v) is 8.39. The minimum Gasteiger partial charge on any atom is -0.483 e. The molecule has 0 radical (unpaired) electrons. The van der Waals surface area contributed by atoms with E-state index >= 15 is 0 Å². The maximum absolute atomic E-state index is 13.2. The fourth-order valence-electron chi connectivity index (χ4n) is 3.61. The molecule has 4 rings (SSSR count). The van der Waals surface area contributed by atoms with Crippen molar-refractivity contribution in [2.45, 2.75) is 32.4 Å². The maximum atomic E-state index is 13.2. The Morgan fingerprint density at radius 2 is 1.79 bits per heavy atom. The molecule has 2 aromatic heterocycles. The van der Waals surface area contributed by atoms with E-state index in [9.17, 15) is 18.0 Å². The van der Waals surface area contributed by atoms with Gasteiger partial charge >= 0.3 is 6.18 Å². The third-order valence-corrected chi connectivity index (χ3v) is 5.36. The van der Waals surface area contributed by atoms with Crippen LogP contribution in [0.2, 0.25) is 5.02 Å². The normalized spacial score (nSPS) is 16.5. The van der Waals surface area contributed by atoms with Gasteiger partial charge in [-0.15, -0.1) is 0 Å². The Balaban J connectivity index is 0.000000283. The number of likely N-dealkylation sites (tertiary alicyclic amines) is 1. The summed E-state index contributed by atoms with van der Waals surface area (Å²) in [7, 11) is 2.22. The van der Waals surface area contributed by atoms with Gasteiger partial charge < -0.3 is 10.0 Å². The molecule has 0 bridgehead atoms. The van der Waals surface area contributed by atoms with Crippen LogP contribution in [0.1, 0.15) is 42.4 Å². The number of alkyl halides is 3. The number of hydrogen-bond acceptors (Lipinski definition) is 5. The fourth-order valence-corrected chi connectivity index (χ4v) is 3.74. The smallest absolute Gasteiger partial charge is 0.433 e. The van der Waals surface area contributed by atoms with E-state index in [0.717, 1.165) is 12.0 Å². The highest BCUT2D eigenvalue weighted by atomic mass is 35.5. The van der Waals surface area contributed by atoms with E-state index in [0.29, 0.717) is 21.4 Å². The predicted octanol–water partition coefficient (Wildman–Crippen LogP) is 5.32. The summed E-state index contributed by atoms with van der Waals surface area (Å²) in [6.07, 6.45) is 0.0159. The lowest BCUT2D eigenvalue weighted by molar-refractivity contribution is -0.142. The molecule has 1 aliphatic rings. The molecule has 1 atom stereocenters. The van der Waals surface area contributed by atoms with Gasteiger partial charge in [-0.1, -0.05) is 37.1 Å². The van der Waals surface area contributed by atoms with Crippen molar-refractivity contribution in [1.29, 1.82) is 0 Å². The predicted molar refractivity (Wildman–Crippen MR) is 123 cm³/mol. The van der Waals surface area contributed by atoms with Crippen molar-refractivity contribution in [2.75, 3.05) is 20.1 Å². The fraction of sp³-hybridized carbons (Fsp3) is 0.391. The zero-order valence-electron chi connectivity index (χ0n) is 18.8. The highest BCUT2D eigenvalue weighted by molar-refractivity contribution is 6.30. The van der Waals surface area contributed by atoms with E-state index in [-0.39, 0.29) is 23.5 Å². The van der Waals surface area contributed by atoms with Crippen LogP contribution in [0.4, 0.5) is 13.2 Å². The minimum absolute atomic E-state index is 0.0538. The highest BCUT2D eigenvalue weighted by Crippen LogP contribution is 2.32. The molecule has 0 amide bonds. The number of rotatable bonds is 2. The van der Waals surface area contributed by atoms with Gasteiger partial charge in [-0.05, 0) is 50.6 Å². The summed E-state index contributed by atoms with van der Waals surface area (Å²) >= 11 is 5.77. The summed E-state index contributed by atoms with van der Waals surface area (Å²) in [5, 5.41) is 10.9. The number of nitrogens with zero attached hydrogens (tertiary/aromatic N) is 4. The number of aldehydes is 1. The highest BCUT2D eigenvalue weighted by Gasteiger charge is 2.35. The molecule has 1 aliphatic heterocycles. The topological polar surface area (TPSA) is 87.8 Å². The van der Waals surface area contributed by atoms with E-state index in [1.807, 2.05) is 0 Å². The minimum atomic E-state index is -4.63. The van der Waals surface area contributed by atoms with Gasteiger partial charge in [0.1, 0.15) is 5.69 Å². The molecule has 1 unspecified atom stereocenters. The number of hydrogen-bond donors (Lipinski definition) is 1. The van der Waals surface area contributed by atoms with Gasteiger partial charge in [-0.2, -0.15) is 18.3 Å². The van der Waals surface area contributed by atoms with Crippen LogP contribution >= 0.6 is 11.6 Å². The number of fused-ring (bicyclic) bond motifs is 1. The average molecular weight is 499 g/mol. The molecule has 1 N–H and O–H groups in total. The molecule has 7 nitrogen and oxygen atoms in total. The lowest BCUT2D eigenvalue weighted by Gasteiger charge is -2.15. The lowest BCUT2D eigenvalue weighted by Crippen LogP contribution is -2.22. The zero-order chi connectivity index (χ0) is 25.3. The van der Waals surface area contributed by atoms with Crippen molar-refractivity contribution in [2.24, 2.45) is 5.92 Å². The molecular formula is C23H26ClF3N4O3. The Morgan fingerprint density at radius 1 is 1.15 bits per heavy atom. The summed E-state index contributed by atoms with van der Waals surface area (Å²) in [6, 6.07) is 8.34. The average Bonchev–Trinajstić information content (AvgIpc) is 3.10. The van der Waals surface area contributed by atoms with E-state index in [1.165, 1.54) is 38.4 Å². The van der Waals surface area contributed by atoms with Crippen molar-refractivity contribution >= 4 is 30.0 Å². The molecule has 1 aromatic carbocycles. The molecule has 34 heavy (non-hydrogen) atoms. The quantitative estimate of drug-likeness (QED) is 0.481. The van der Waals surface area contributed by atoms with E-state index in [2.05, 4.69) is 29.0 Å². The van der Waals surface area contributed by atoms with E-state index in [4.69, 9.17) is 21.5 Å².